The molecule has 4 nitrogen and oxygen atoms in total. The van der Waals surface area contributed by atoms with Gasteiger partial charge in [0.2, 0.25) is 5.91 Å². The summed E-state index contributed by atoms with van der Waals surface area (Å²) in [6.45, 7) is 4.20. The Hall–Kier alpha value is -0.910. The number of amides is 1. The van der Waals surface area contributed by atoms with Crippen molar-refractivity contribution in [3.63, 3.8) is 0 Å². The third-order valence-electron chi connectivity index (χ3n) is 4.78. The SMILES string of the molecule is CC1NC(c2cccs2)N(C2CCN(C3CC3)C2)C1=O. The molecule has 2 saturated heterocycles. The first-order valence-corrected chi connectivity index (χ1v) is 8.47. The van der Waals surface area contributed by atoms with Crippen LogP contribution in [0.2, 0.25) is 0 Å². The monoisotopic (exact) mass is 291 g/mol. The number of carbonyl (C=O) groups is 1. The molecule has 4 rings (SSSR count). The van der Waals surface area contributed by atoms with Gasteiger partial charge in [-0.1, -0.05) is 6.07 Å². The Morgan fingerprint density at radius 3 is 2.85 bits per heavy atom. The van der Waals surface area contributed by atoms with Crippen LogP contribution in [0.25, 0.3) is 0 Å². The van der Waals surface area contributed by atoms with Gasteiger partial charge in [-0.15, -0.1) is 11.3 Å². The lowest BCUT2D eigenvalue weighted by Gasteiger charge is -2.30. The van der Waals surface area contributed by atoms with E-state index in [2.05, 4.69) is 32.6 Å². The minimum atomic E-state index is -0.0583. The quantitative estimate of drug-likeness (QED) is 0.922. The van der Waals surface area contributed by atoms with Crippen molar-refractivity contribution in [2.75, 3.05) is 13.1 Å². The maximum atomic E-state index is 12.5. The standard InChI is InChI=1S/C15H21N3OS/c1-10-15(19)18(14(16-10)13-3-2-8-20-13)12-6-7-17(9-12)11-4-5-11/h2-3,8,10-12,14,16H,4-7,9H2,1H3. The first kappa shape index (κ1) is 12.8. The molecule has 5 heteroatoms. The summed E-state index contributed by atoms with van der Waals surface area (Å²) in [6, 6.07) is 5.33. The van der Waals surface area contributed by atoms with Crippen LogP contribution in [-0.4, -0.2) is 46.9 Å². The van der Waals surface area contributed by atoms with Crippen LogP contribution in [0.1, 0.15) is 37.2 Å². The Kier molecular flexibility index (Phi) is 3.09. The second-order valence-electron chi connectivity index (χ2n) is 6.22. The molecule has 1 aromatic rings. The predicted molar refractivity (Wildman–Crippen MR) is 79.5 cm³/mol. The van der Waals surface area contributed by atoms with E-state index in [1.807, 2.05) is 6.92 Å². The molecule has 20 heavy (non-hydrogen) atoms. The van der Waals surface area contributed by atoms with Gasteiger partial charge in [0.25, 0.3) is 0 Å². The fourth-order valence-electron chi connectivity index (χ4n) is 3.56. The van der Waals surface area contributed by atoms with E-state index in [0.717, 1.165) is 25.6 Å². The molecule has 1 N–H and O–H groups in total. The third kappa shape index (κ3) is 2.08. The zero-order valence-electron chi connectivity index (χ0n) is 11.8. The molecule has 3 heterocycles. The number of likely N-dealkylation sites (tertiary alicyclic amines) is 1. The van der Waals surface area contributed by atoms with E-state index in [9.17, 15) is 4.79 Å². The van der Waals surface area contributed by atoms with Crippen molar-refractivity contribution in [3.8, 4) is 0 Å². The number of hydrogen-bond acceptors (Lipinski definition) is 4. The Bertz CT molecular complexity index is 499. The Balaban J connectivity index is 1.55. The number of thiophene rings is 1. The molecule has 0 radical (unpaired) electrons. The van der Waals surface area contributed by atoms with Crippen molar-refractivity contribution < 1.29 is 4.79 Å². The maximum absolute atomic E-state index is 12.5. The van der Waals surface area contributed by atoms with Crippen LogP contribution in [0.15, 0.2) is 17.5 Å². The number of rotatable bonds is 3. The van der Waals surface area contributed by atoms with Crippen LogP contribution in [0.4, 0.5) is 0 Å². The van der Waals surface area contributed by atoms with Crippen LogP contribution in [-0.2, 0) is 4.79 Å². The van der Waals surface area contributed by atoms with E-state index < -0.39 is 0 Å². The molecule has 2 aliphatic heterocycles. The predicted octanol–water partition coefficient (Wildman–Crippen LogP) is 1.80. The zero-order chi connectivity index (χ0) is 13.7. The number of carbonyl (C=O) groups excluding carboxylic acids is 1. The van der Waals surface area contributed by atoms with E-state index in [1.165, 1.54) is 17.7 Å². The summed E-state index contributed by atoms with van der Waals surface area (Å²) in [5, 5.41) is 5.55. The summed E-state index contributed by atoms with van der Waals surface area (Å²) in [7, 11) is 0. The lowest BCUT2D eigenvalue weighted by Crippen LogP contribution is -2.41. The van der Waals surface area contributed by atoms with Gasteiger partial charge in [0, 0.05) is 30.1 Å². The van der Waals surface area contributed by atoms with Crippen LogP contribution in [0.5, 0.6) is 0 Å². The van der Waals surface area contributed by atoms with Crippen LogP contribution >= 0.6 is 11.3 Å². The van der Waals surface area contributed by atoms with Crippen molar-refractivity contribution in [2.45, 2.75) is 50.5 Å². The summed E-state index contributed by atoms with van der Waals surface area (Å²) in [5.41, 5.74) is 0. The summed E-state index contributed by atoms with van der Waals surface area (Å²) < 4.78 is 0. The molecule has 1 amide bonds. The van der Waals surface area contributed by atoms with E-state index in [-0.39, 0.29) is 18.1 Å². The van der Waals surface area contributed by atoms with Crippen molar-refractivity contribution >= 4 is 17.2 Å². The molecule has 108 valence electrons. The molecule has 3 unspecified atom stereocenters. The van der Waals surface area contributed by atoms with Gasteiger partial charge in [0.05, 0.1) is 6.04 Å². The largest absolute Gasteiger partial charge is 0.316 e. The molecule has 3 fully saturated rings. The lowest BCUT2D eigenvalue weighted by molar-refractivity contribution is -0.131. The summed E-state index contributed by atoms with van der Waals surface area (Å²) in [5.74, 6) is 0.269. The van der Waals surface area contributed by atoms with Crippen molar-refractivity contribution in [3.05, 3.63) is 22.4 Å². The van der Waals surface area contributed by atoms with Gasteiger partial charge >= 0.3 is 0 Å². The van der Waals surface area contributed by atoms with Gasteiger partial charge in [0.1, 0.15) is 6.17 Å². The highest BCUT2D eigenvalue weighted by atomic mass is 32.1. The fraction of sp³-hybridized carbons (Fsp3) is 0.667. The summed E-state index contributed by atoms with van der Waals surface area (Å²) in [6.07, 6.45) is 3.91. The van der Waals surface area contributed by atoms with E-state index in [1.54, 1.807) is 11.3 Å². The zero-order valence-corrected chi connectivity index (χ0v) is 12.6. The molecule has 3 atom stereocenters. The highest BCUT2D eigenvalue weighted by molar-refractivity contribution is 7.10. The van der Waals surface area contributed by atoms with Crippen molar-refractivity contribution in [1.82, 2.24) is 15.1 Å². The van der Waals surface area contributed by atoms with Gasteiger partial charge in [-0.3, -0.25) is 15.0 Å². The van der Waals surface area contributed by atoms with E-state index >= 15 is 0 Å². The first-order valence-electron chi connectivity index (χ1n) is 7.59. The van der Waals surface area contributed by atoms with Gasteiger partial charge in [-0.25, -0.2) is 0 Å². The number of nitrogens with one attached hydrogen (secondary N) is 1. The summed E-state index contributed by atoms with van der Waals surface area (Å²) >= 11 is 1.74. The van der Waals surface area contributed by atoms with Crippen molar-refractivity contribution in [1.29, 1.82) is 0 Å². The summed E-state index contributed by atoms with van der Waals surface area (Å²) in [4.78, 5) is 18.5. The van der Waals surface area contributed by atoms with Gasteiger partial charge < -0.3 is 4.90 Å². The Labute approximate surface area is 123 Å². The Morgan fingerprint density at radius 2 is 2.15 bits per heavy atom. The molecular formula is C15H21N3OS. The highest BCUT2D eigenvalue weighted by Crippen LogP contribution is 2.36. The molecule has 1 aromatic heterocycles. The molecule has 1 aliphatic carbocycles. The Morgan fingerprint density at radius 1 is 1.30 bits per heavy atom. The average Bonchev–Trinajstić information content (AvgIpc) is 2.89. The van der Waals surface area contributed by atoms with Crippen LogP contribution in [0, 0.1) is 0 Å². The smallest absolute Gasteiger partial charge is 0.241 e. The normalized spacial score (nSPS) is 35.1. The highest BCUT2D eigenvalue weighted by Gasteiger charge is 2.45. The van der Waals surface area contributed by atoms with Crippen LogP contribution < -0.4 is 5.32 Å². The molecular weight excluding hydrogens is 270 g/mol. The van der Waals surface area contributed by atoms with Gasteiger partial charge in [-0.2, -0.15) is 0 Å². The molecule has 0 aromatic carbocycles. The average molecular weight is 291 g/mol. The van der Waals surface area contributed by atoms with E-state index in [0.29, 0.717) is 6.04 Å². The lowest BCUT2D eigenvalue weighted by atomic mass is 10.2. The second-order valence-corrected chi connectivity index (χ2v) is 7.20. The fourth-order valence-corrected chi connectivity index (χ4v) is 4.34. The topological polar surface area (TPSA) is 35.6 Å². The minimum Gasteiger partial charge on any atom is -0.316 e. The molecule has 3 aliphatic rings. The van der Waals surface area contributed by atoms with Gasteiger partial charge in [-0.05, 0) is 37.6 Å². The van der Waals surface area contributed by atoms with Crippen LogP contribution in [0.3, 0.4) is 0 Å². The minimum absolute atomic E-state index is 0.0583. The maximum Gasteiger partial charge on any atom is 0.241 e. The first-order chi connectivity index (χ1) is 9.74. The second kappa shape index (κ2) is 4.83. The van der Waals surface area contributed by atoms with Gasteiger partial charge in [0.15, 0.2) is 0 Å². The number of nitrogens with zero attached hydrogens (tertiary/aromatic N) is 2. The molecule has 0 spiro atoms. The third-order valence-corrected chi connectivity index (χ3v) is 5.70. The molecule has 0 bridgehead atoms. The number of hydrogen-bond donors (Lipinski definition) is 1. The van der Waals surface area contributed by atoms with Crippen molar-refractivity contribution in [2.24, 2.45) is 0 Å². The van der Waals surface area contributed by atoms with E-state index in [4.69, 9.17) is 0 Å². The molecule has 1 saturated carbocycles.